The van der Waals surface area contributed by atoms with Gasteiger partial charge in [-0.2, -0.15) is 0 Å². The molecule has 0 aliphatic carbocycles. The van der Waals surface area contributed by atoms with Crippen molar-refractivity contribution in [1.82, 2.24) is 9.97 Å². The maximum absolute atomic E-state index is 5.54. The minimum absolute atomic E-state index is 0.605. The van der Waals surface area contributed by atoms with Crippen molar-refractivity contribution in [2.45, 2.75) is 6.42 Å². The molecule has 0 aliphatic heterocycles. The molecule has 3 aromatic rings. The number of fused-ring (bicyclic) bond motifs is 1. The Kier molecular flexibility index (Phi) is 5.78. The second-order valence-electron chi connectivity index (χ2n) is 5.55. The number of anilines is 1. The summed E-state index contributed by atoms with van der Waals surface area (Å²) in [6.45, 7) is 0.711. The van der Waals surface area contributed by atoms with E-state index in [2.05, 4.69) is 31.2 Å². The lowest BCUT2D eigenvalue weighted by Crippen LogP contribution is -2.08. The van der Waals surface area contributed by atoms with Crippen LogP contribution in [-0.4, -0.2) is 37.8 Å². The third-order valence-electron chi connectivity index (χ3n) is 4.04. The third-order valence-corrected chi connectivity index (χ3v) is 4.47. The second kappa shape index (κ2) is 8.23. The van der Waals surface area contributed by atoms with E-state index in [9.17, 15) is 0 Å². The molecule has 0 amide bonds. The molecule has 0 saturated heterocycles. The predicted molar refractivity (Wildman–Crippen MR) is 106 cm³/mol. The van der Waals surface area contributed by atoms with Gasteiger partial charge in [0.15, 0.2) is 11.5 Å². The highest BCUT2D eigenvalue weighted by Gasteiger charge is 2.15. The first-order valence-corrected chi connectivity index (χ1v) is 8.89. The SMILES string of the molecule is COc1ccc(CCNc2ccnc3cc(Br)cnc23)c(OC)c1OC. The quantitative estimate of drug-likeness (QED) is 0.624. The van der Waals surface area contributed by atoms with Gasteiger partial charge in [-0.3, -0.25) is 9.97 Å². The van der Waals surface area contributed by atoms with Gasteiger partial charge in [-0.15, -0.1) is 0 Å². The average Bonchev–Trinajstić information content (AvgIpc) is 2.67. The van der Waals surface area contributed by atoms with Crippen LogP contribution in [-0.2, 0) is 6.42 Å². The van der Waals surface area contributed by atoms with Crippen molar-refractivity contribution in [3.63, 3.8) is 0 Å². The van der Waals surface area contributed by atoms with E-state index in [1.807, 2.05) is 24.3 Å². The molecular formula is C19H20BrN3O3. The number of hydrogen-bond acceptors (Lipinski definition) is 6. The first-order chi connectivity index (χ1) is 12.7. The van der Waals surface area contributed by atoms with E-state index in [-0.39, 0.29) is 0 Å². The van der Waals surface area contributed by atoms with Crippen LogP contribution in [0, 0.1) is 0 Å². The van der Waals surface area contributed by atoms with Gasteiger partial charge in [0.05, 0.1) is 32.5 Å². The van der Waals surface area contributed by atoms with Crippen LogP contribution >= 0.6 is 15.9 Å². The van der Waals surface area contributed by atoms with Crippen molar-refractivity contribution >= 4 is 32.7 Å². The Balaban J connectivity index is 1.78. The minimum atomic E-state index is 0.605. The van der Waals surface area contributed by atoms with E-state index < -0.39 is 0 Å². The van der Waals surface area contributed by atoms with Gasteiger partial charge in [0.1, 0.15) is 5.52 Å². The van der Waals surface area contributed by atoms with Crippen molar-refractivity contribution < 1.29 is 14.2 Å². The molecule has 0 aliphatic rings. The normalized spacial score (nSPS) is 10.6. The lowest BCUT2D eigenvalue weighted by molar-refractivity contribution is 0.322. The van der Waals surface area contributed by atoms with Crippen LogP contribution in [0.2, 0.25) is 0 Å². The molecule has 6 nitrogen and oxygen atoms in total. The van der Waals surface area contributed by atoms with Gasteiger partial charge < -0.3 is 19.5 Å². The molecular weight excluding hydrogens is 398 g/mol. The van der Waals surface area contributed by atoms with E-state index >= 15 is 0 Å². The van der Waals surface area contributed by atoms with Crippen molar-refractivity contribution in [2.24, 2.45) is 0 Å². The van der Waals surface area contributed by atoms with Crippen LogP contribution in [0.4, 0.5) is 5.69 Å². The molecule has 1 aromatic carbocycles. The summed E-state index contributed by atoms with van der Waals surface area (Å²) in [5, 5.41) is 3.43. The summed E-state index contributed by atoms with van der Waals surface area (Å²) in [5.74, 6) is 1.94. The zero-order valence-corrected chi connectivity index (χ0v) is 16.5. The van der Waals surface area contributed by atoms with Gasteiger partial charge in [-0.25, -0.2) is 0 Å². The Morgan fingerprint density at radius 2 is 1.81 bits per heavy atom. The van der Waals surface area contributed by atoms with Crippen molar-refractivity contribution in [3.05, 3.63) is 46.7 Å². The zero-order chi connectivity index (χ0) is 18.5. The first-order valence-electron chi connectivity index (χ1n) is 8.10. The third kappa shape index (κ3) is 3.67. The summed E-state index contributed by atoms with van der Waals surface area (Å²) in [7, 11) is 4.85. The molecule has 0 saturated carbocycles. The maximum Gasteiger partial charge on any atom is 0.203 e. The smallest absolute Gasteiger partial charge is 0.203 e. The summed E-state index contributed by atoms with van der Waals surface area (Å²) in [6.07, 6.45) is 4.30. The number of pyridine rings is 2. The maximum atomic E-state index is 5.54. The number of ether oxygens (including phenoxy) is 3. The van der Waals surface area contributed by atoms with E-state index in [0.29, 0.717) is 23.8 Å². The number of nitrogens with one attached hydrogen (secondary N) is 1. The fourth-order valence-corrected chi connectivity index (χ4v) is 3.16. The van der Waals surface area contributed by atoms with Crippen LogP contribution in [0.25, 0.3) is 11.0 Å². The molecule has 0 unspecified atom stereocenters. The monoisotopic (exact) mass is 417 g/mol. The average molecular weight is 418 g/mol. The molecule has 3 rings (SSSR count). The first kappa shape index (κ1) is 18.3. The summed E-state index contributed by atoms with van der Waals surface area (Å²) in [6, 6.07) is 7.75. The van der Waals surface area contributed by atoms with Crippen molar-refractivity contribution in [1.29, 1.82) is 0 Å². The van der Waals surface area contributed by atoms with Gasteiger partial charge >= 0.3 is 0 Å². The molecule has 26 heavy (non-hydrogen) atoms. The summed E-state index contributed by atoms with van der Waals surface area (Å²) in [4.78, 5) is 8.81. The van der Waals surface area contributed by atoms with E-state index in [1.165, 1.54) is 0 Å². The number of methoxy groups -OCH3 is 3. The van der Waals surface area contributed by atoms with E-state index in [1.54, 1.807) is 33.7 Å². The second-order valence-corrected chi connectivity index (χ2v) is 6.47. The highest BCUT2D eigenvalue weighted by Crippen LogP contribution is 2.39. The van der Waals surface area contributed by atoms with Gasteiger partial charge in [0.2, 0.25) is 5.75 Å². The minimum Gasteiger partial charge on any atom is -0.493 e. The number of benzene rings is 1. The van der Waals surface area contributed by atoms with Gasteiger partial charge in [-0.05, 0) is 40.5 Å². The summed E-state index contributed by atoms with van der Waals surface area (Å²) < 4.78 is 17.2. The molecule has 0 spiro atoms. The number of nitrogens with zero attached hydrogens (tertiary/aromatic N) is 2. The van der Waals surface area contributed by atoms with Gasteiger partial charge in [0, 0.05) is 29.0 Å². The van der Waals surface area contributed by atoms with Gasteiger partial charge in [-0.1, -0.05) is 6.07 Å². The molecule has 1 N–H and O–H groups in total. The Hall–Kier alpha value is -2.54. The topological polar surface area (TPSA) is 65.5 Å². The molecule has 0 bridgehead atoms. The number of aromatic nitrogens is 2. The van der Waals surface area contributed by atoms with Crippen LogP contribution in [0.1, 0.15) is 5.56 Å². The Morgan fingerprint density at radius 3 is 2.54 bits per heavy atom. The Labute approximate surface area is 160 Å². The lowest BCUT2D eigenvalue weighted by Gasteiger charge is -2.16. The lowest BCUT2D eigenvalue weighted by atomic mass is 10.1. The molecule has 0 radical (unpaired) electrons. The molecule has 0 atom stereocenters. The zero-order valence-electron chi connectivity index (χ0n) is 14.9. The Bertz CT molecular complexity index is 918. The summed E-state index contributed by atoms with van der Waals surface area (Å²) >= 11 is 3.42. The number of halogens is 1. The van der Waals surface area contributed by atoms with Crippen molar-refractivity contribution in [2.75, 3.05) is 33.2 Å². The molecule has 2 aromatic heterocycles. The predicted octanol–water partition coefficient (Wildman–Crippen LogP) is 4.07. The van der Waals surface area contributed by atoms with Crippen LogP contribution in [0.15, 0.2) is 41.1 Å². The van der Waals surface area contributed by atoms with Crippen molar-refractivity contribution in [3.8, 4) is 17.2 Å². The van der Waals surface area contributed by atoms with Crippen LogP contribution in [0.5, 0.6) is 17.2 Å². The number of rotatable bonds is 7. The van der Waals surface area contributed by atoms with Crippen LogP contribution < -0.4 is 19.5 Å². The molecule has 0 fully saturated rings. The van der Waals surface area contributed by atoms with Gasteiger partial charge in [0.25, 0.3) is 0 Å². The fraction of sp³-hybridized carbons (Fsp3) is 0.263. The summed E-state index contributed by atoms with van der Waals surface area (Å²) in [5.41, 5.74) is 3.66. The standard InChI is InChI=1S/C19H20BrN3O3/c1-24-16-5-4-12(18(25-2)19(16)26-3)6-8-21-14-7-9-22-15-10-13(20)11-23-17(14)15/h4-5,7,9-11H,6,8H2,1-3H3,(H,21,22). The number of hydrogen-bond donors (Lipinski definition) is 1. The molecule has 136 valence electrons. The highest BCUT2D eigenvalue weighted by molar-refractivity contribution is 9.10. The van der Waals surface area contributed by atoms with E-state index in [4.69, 9.17) is 14.2 Å². The highest BCUT2D eigenvalue weighted by atomic mass is 79.9. The molecule has 2 heterocycles. The largest absolute Gasteiger partial charge is 0.493 e. The van der Waals surface area contributed by atoms with E-state index in [0.717, 1.165) is 33.2 Å². The fourth-order valence-electron chi connectivity index (χ4n) is 2.84. The van der Waals surface area contributed by atoms with Crippen LogP contribution in [0.3, 0.4) is 0 Å². The molecule has 7 heteroatoms. The Morgan fingerprint density at radius 1 is 1.00 bits per heavy atom.